The van der Waals surface area contributed by atoms with Gasteiger partial charge in [0.2, 0.25) is 5.91 Å². The van der Waals surface area contributed by atoms with Crippen molar-refractivity contribution in [2.24, 2.45) is 5.16 Å². The van der Waals surface area contributed by atoms with E-state index in [4.69, 9.17) is 0 Å². The summed E-state index contributed by atoms with van der Waals surface area (Å²) in [4.78, 5) is 30.7. The topological polar surface area (TPSA) is 71.0 Å². The number of hydrogen-bond acceptors (Lipinski definition) is 4. The van der Waals surface area contributed by atoms with Gasteiger partial charge in [-0.2, -0.15) is 0 Å². The zero-order chi connectivity index (χ0) is 19.1. The van der Waals surface area contributed by atoms with Crippen LogP contribution in [0.15, 0.2) is 47.6 Å². The molecule has 0 saturated heterocycles. The minimum atomic E-state index is -0.238. The van der Waals surface area contributed by atoms with E-state index in [2.05, 4.69) is 15.3 Å². The molecule has 0 unspecified atom stereocenters. The van der Waals surface area contributed by atoms with Crippen molar-refractivity contribution in [3.63, 3.8) is 0 Å². The molecule has 0 saturated carbocycles. The lowest BCUT2D eigenvalue weighted by Gasteiger charge is -2.18. The third kappa shape index (κ3) is 4.92. The fourth-order valence-corrected chi connectivity index (χ4v) is 2.41. The monoisotopic (exact) mass is 353 g/mol. The number of rotatable bonds is 6. The lowest BCUT2D eigenvalue weighted by molar-refractivity contribution is -0.116. The standard InChI is InChI=1S/C20H23N3O3/c1-14-6-5-7-18(15(14)2)22-19(24)13-23(3)20(25)17-10-8-16(9-11-17)12-21-26-4/h5-12H,13H2,1-4H3,(H,22,24)/b21-12+. The van der Waals surface area contributed by atoms with E-state index in [1.807, 2.05) is 32.0 Å². The molecular formula is C20H23N3O3. The number of carbonyl (C=O) groups excluding carboxylic acids is 2. The summed E-state index contributed by atoms with van der Waals surface area (Å²) >= 11 is 0. The molecule has 6 nitrogen and oxygen atoms in total. The van der Waals surface area contributed by atoms with Crippen LogP contribution >= 0.6 is 0 Å². The second kappa shape index (κ2) is 8.80. The van der Waals surface area contributed by atoms with Crippen molar-refractivity contribution in [2.45, 2.75) is 13.8 Å². The van der Waals surface area contributed by atoms with Crippen molar-refractivity contribution in [1.29, 1.82) is 0 Å². The molecule has 26 heavy (non-hydrogen) atoms. The molecule has 0 aliphatic heterocycles. The molecular weight excluding hydrogens is 330 g/mol. The first-order valence-corrected chi connectivity index (χ1v) is 8.20. The lowest BCUT2D eigenvalue weighted by Crippen LogP contribution is -2.35. The van der Waals surface area contributed by atoms with Gasteiger partial charge in [-0.1, -0.05) is 29.4 Å². The summed E-state index contributed by atoms with van der Waals surface area (Å²) in [6.45, 7) is 3.91. The van der Waals surface area contributed by atoms with Crippen molar-refractivity contribution in [3.05, 3.63) is 64.7 Å². The Hall–Kier alpha value is -3.15. The van der Waals surface area contributed by atoms with Crippen LogP contribution in [-0.2, 0) is 9.63 Å². The Morgan fingerprint density at radius 2 is 1.85 bits per heavy atom. The average molecular weight is 353 g/mol. The number of nitrogens with zero attached hydrogens (tertiary/aromatic N) is 2. The number of likely N-dealkylation sites (N-methyl/N-ethyl adjacent to an activating group) is 1. The van der Waals surface area contributed by atoms with Gasteiger partial charge in [-0.3, -0.25) is 9.59 Å². The summed E-state index contributed by atoms with van der Waals surface area (Å²) in [7, 11) is 3.07. The zero-order valence-electron chi connectivity index (χ0n) is 15.4. The van der Waals surface area contributed by atoms with Crippen LogP contribution in [0.3, 0.4) is 0 Å². The van der Waals surface area contributed by atoms with E-state index in [9.17, 15) is 9.59 Å². The number of anilines is 1. The van der Waals surface area contributed by atoms with Crippen LogP contribution in [0.1, 0.15) is 27.0 Å². The fourth-order valence-electron chi connectivity index (χ4n) is 2.41. The van der Waals surface area contributed by atoms with Gasteiger partial charge in [-0.05, 0) is 48.7 Å². The van der Waals surface area contributed by atoms with Crippen molar-refractivity contribution in [1.82, 2.24) is 4.90 Å². The summed E-state index contributed by atoms with van der Waals surface area (Å²) in [5.74, 6) is -0.463. The highest BCUT2D eigenvalue weighted by Crippen LogP contribution is 2.17. The Bertz CT molecular complexity index is 814. The molecule has 0 fully saturated rings. The Balaban J connectivity index is 1.98. The van der Waals surface area contributed by atoms with Gasteiger partial charge in [-0.15, -0.1) is 0 Å². The number of amides is 2. The first-order valence-electron chi connectivity index (χ1n) is 8.20. The molecule has 136 valence electrons. The quantitative estimate of drug-likeness (QED) is 0.641. The van der Waals surface area contributed by atoms with E-state index in [0.717, 1.165) is 22.4 Å². The maximum atomic E-state index is 12.5. The van der Waals surface area contributed by atoms with E-state index < -0.39 is 0 Å². The molecule has 0 aromatic heterocycles. The molecule has 0 radical (unpaired) electrons. The average Bonchev–Trinajstić information content (AvgIpc) is 2.63. The minimum Gasteiger partial charge on any atom is -0.399 e. The van der Waals surface area contributed by atoms with Crippen LogP contribution in [0.25, 0.3) is 0 Å². The molecule has 2 amide bonds. The predicted molar refractivity (Wildman–Crippen MR) is 103 cm³/mol. The molecule has 0 heterocycles. The van der Waals surface area contributed by atoms with Gasteiger partial charge >= 0.3 is 0 Å². The van der Waals surface area contributed by atoms with Crippen LogP contribution < -0.4 is 5.32 Å². The van der Waals surface area contributed by atoms with E-state index in [1.165, 1.54) is 12.0 Å². The maximum absolute atomic E-state index is 12.5. The van der Waals surface area contributed by atoms with E-state index in [-0.39, 0.29) is 18.4 Å². The van der Waals surface area contributed by atoms with Crippen molar-refractivity contribution in [3.8, 4) is 0 Å². The van der Waals surface area contributed by atoms with Crippen LogP contribution in [-0.4, -0.2) is 43.6 Å². The van der Waals surface area contributed by atoms with Gasteiger partial charge in [0, 0.05) is 18.3 Å². The largest absolute Gasteiger partial charge is 0.399 e. The first kappa shape index (κ1) is 19.2. The summed E-state index contributed by atoms with van der Waals surface area (Å²) in [5.41, 5.74) is 4.20. The third-order valence-corrected chi connectivity index (χ3v) is 4.07. The lowest BCUT2D eigenvalue weighted by atomic mass is 10.1. The summed E-state index contributed by atoms with van der Waals surface area (Å²) in [6, 6.07) is 12.6. The number of carbonyl (C=O) groups is 2. The molecule has 2 rings (SSSR count). The van der Waals surface area contributed by atoms with Crippen LogP contribution in [0.2, 0.25) is 0 Å². The molecule has 2 aromatic carbocycles. The first-order chi connectivity index (χ1) is 12.4. The zero-order valence-corrected chi connectivity index (χ0v) is 15.4. The normalized spacial score (nSPS) is 10.6. The fraction of sp³-hybridized carbons (Fsp3) is 0.250. The van der Waals surface area contributed by atoms with Crippen molar-refractivity contribution >= 4 is 23.7 Å². The van der Waals surface area contributed by atoms with Crippen LogP contribution in [0.5, 0.6) is 0 Å². The summed E-state index contributed by atoms with van der Waals surface area (Å²) < 4.78 is 0. The molecule has 0 atom stereocenters. The van der Waals surface area contributed by atoms with Crippen molar-refractivity contribution < 1.29 is 14.4 Å². The SMILES string of the molecule is CO/N=C/c1ccc(C(=O)N(C)CC(=O)Nc2cccc(C)c2C)cc1. The van der Waals surface area contributed by atoms with E-state index >= 15 is 0 Å². The molecule has 0 spiro atoms. The Labute approximate surface area is 153 Å². The van der Waals surface area contributed by atoms with Gasteiger partial charge in [0.1, 0.15) is 7.11 Å². The van der Waals surface area contributed by atoms with E-state index in [0.29, 0.717) is 5.56 Å². The second-order valence-electron chi connectivity index (χ2n) is 6.00. The minimum absolute atomic E-state index is 0.0287. The molecule has 6 heteroatoms. The van der Waals surface area contributed by atoms with Crippen molar-refractivity contribution in [2.75, 3.05) is 26.0 Å². The number of hydrogen-bond donors (Lipinski definition) is 1. The van der Waals surface area contributed by atoms with Crippen LogP contribution in [0, 0.1) is 13.8 Å². The highest BCUT2D eigenvalue weighted by molar-refractivity contribution is 5.99. The van der Waals surface area contributed by atoms with Gasteiger partial charge in [-0.25, -0.2) is 0 Å². The smallest absolute Gasteiger partial charge is 0.254 e. The third-order valence-electron chi connectivity index (χ3n) is 4.07. The highest BCUT2D eigenvalue weighted by Gasteiger charge is 2.15. The Kier molecular flexibility index (Phi) is 6.49. The Morgan fingerprint density at radius 3 is 2.50 bits per heavy atom. The number of nitrogens with one attached hydrogen (secondary N) is 1. The van der Waals surface area contributed by atoms with Gasteiger partial charge in [0.15, 0.2) is 0 Å². The predicted octanol–water partition coefficient (Wildman–Crippen LogP) is 2.99. The second-order valence-corrected chi connectivity index (χ2v) is 6.00. The summed E-state index contributed by atoms with van der Waals surface area (Å²) in [6.07, 6.45) is 1.55. The highest BCUT2D eigenvalue weighted by atomic mass is 16.6. The number of aryl methyl sites for hydroxylation is 1. The molecule has 2 aromatic rings. The number of benzene rings is 2. The Morgan fingerprint density at radius 1 is 1.15 bits per heavy atom. The summed E-state index contributed by atoms with van der Waals surface area (Å²) in [5, 5.41) is 6.53. The van der Waals surface area contributed by atoms with Crippen LogP contribution in [0.4, 0.5) is 5.69 Å². The molecule has 0 aliphatic rings. The van der Waals surface area contributed by atoms with Gasteiger partial charge in [0.25, 0.3) is 5.91 Å². The van der Waals surface area contributed by atoms with Gasteiger partial charge < -0.3 is 15.1 Å². The molecule has 0 aliphatic carbocycles. The van der Waals surface area contributed by atoms with E-state index in [1.54, 1.807) is 37.5 Å². The van der Waals surface area contributed by atoms with Gasteiger partial charge in [0.05, 0.1) is 12.8 Å². The maximum Gasteiger partial charge on any atom is 0.254 e. The molecule has 0 bridgehead atoms. The number of oxime groups is 1. The molecule has 1 N–H and O–H groups in total.